The molecule has 2 atom stereocenters. The van der Waals surface area contributed by atoms with Crippen molar-refractivity contribution in [1.82, 2.24) is 15.5 Å². The van der Waals surface area contributed by atoms with E-state index in [9.17, 15) is 9.90 Å². The van der Waals surface area contributed by atoms with E-state index in [1.54, 1.807) is 12.1 Å². The number of hydrogen-bond donors (Lipinski definition) is 2. The van der Waals surface area contributed by atoms with Crippen LogP contribution in [-0.2, 0) is 11.2 Å². The molecular formula is C21H24N4O2. The van der Waals surface area contributed by atoms with Crippen LogP contribution in [0, 0.1) is 12.3 Å². The zero-order valence-electron chi connectivity index (χ0n) is 15.6. The first-order valence-electron chi connectivity index (χ1n) is 9.08. The van der Waals surface area contributed by atoms with Crippen molar-refractivity contribution < 1.29 is 9.90 Å². The van der Waals surface area contributed by atoms with Gasteiger partial charge in [-0.05, 0) is 35.1 Å². The fourth-order valence-corrected chi connectivity index (χ4v) is 3.15. The SMILES string of the molecule is C#Cc1ccc(N2C[C@H](NC(=O)Cc3ccc(C(C)C)cc3)[C@@H](O)C2)nn1. The molecule has 0 aliphatic carbocycles. The standard InChI is InChI=1S/C21H24N4O2/c1-4-17-9-10-20(24-23-17)25-12-18(19(26)13-25)22-21(27)11-15-5-7-16(8-6-15)14(2)3/h1,5-10,14,18-19,26H,11-13H2,2-3H3,(H,22,27)/t18-,19-/m0/s1. The number of carbonyl (C=O) groups is 1. The Morgan fingerprint density at radius 1 is 1.26 bits per heavy atom. The highest BCUT2D eigenvalue weighted by Gasteiger charge is 2.33. The molecule has 1 aliphatic heterocycles. The molecule has 1 saturated heterocycles. The van der Waals surface area contributed by atoms with Crippen LogP contribution in [0.2, 0.25) is 0 Å². The van der Waals surface area contributed by atoms with E-state index in [4.69, 9.17) is 6.42 Å². The molecule has 0 unspecified atom stereocenters. The third-order valence-corrected chi connectivity index (χ3v) is 4.77. The van der Waals surface area contributed by atoms with Crippen LogP contribution in [-0.4, -0.2) is 46.4 Å². The largest absolute Gasteiger partial charge is 0.389 e. The average Bonchev–Trinajstić information content (AvgIpc) is 3.02. The highest BCUT2D eigenvalue weighted by atomic mass is 16.3. The molecule has 0 spiro atoms. The second-order valence-electron chi connectivity index (χ2n) is 7.14. The molecular weight excluding hydrogens is 340 g/mol. The molecule has 6 nitrogen and oxygen atoms in total. The lowest BCUT2D eigenvalue weighted by atomic mass is 10.0. The Morgan fingerprint density at radius 3 is 2.59 bits per heavy atom. The summed E-state index contributed by atoms with van der Waals surface area (Å²) in [5, 5.41) is 21.2. The van der Waals surface area contributed by atoms with Crippen LogP contribution < -0.4 is 10.2 Å². The quantitative estimate of drug-likeness (QED) is 0.786. The number of aliphatic hydroxyl groups excluding tert-OH is 1. The number of aliphatic hydroxyl groups is 1. The maximum atomic E-state index is 12.4. The summed E-state index contributed by atoms with van der Waals surface area (Å²) in [5.41, 5.74) is 2.67. The van der Waals surface area contributed by atoms with Gasteiger partial charge in [0.2, 0.25) is 5.91 Å². The van der Waals surface area contributed by atoms with E-state index >= 15 is 0 Å². The maximum absolute atomic E-state index is 12.4. The van der Waals surface area contributed by atoms with Crippen molar-refractivity contribution in [3.05, 3.63) is 53.2 Å². The lowest BCUT2D eigenvalue weighted by Gasteiger charge is -2.17. The van der Waals surface area contributed by atoms with Gasteiger partial charge in [-0.2, -0.15) is 0 Å². The van der Waals surface area contributed by atoms with Gasteiger partial charge in [0.05, 0.1) is 18.6 Å². The van der Waals surface area contributed by atoms with Crippen LogP contribution in [0.15, 0.2) is 36.4 Å². The van der Waals surface area contributed by atoms with Crippen molar-refractivity contribution in [2.24, 2.45) is 0 Å². The van der Waals surface area contributed by atoms with E-state index in [0.29, 0.717) is 30.5 Å². The van der Waals surface area contributed by atoms with Crippen molar-refractivity contribution in [2.75, 3.05) is 18.0 Å². The number of β-amino-alcohol motifs (C(OH)–C–C–N with tert-alkyl or cyclic N) is 1. The first-order valence-corrected chi connectivity index (χ1v) is 9.08. The monoisotopic (exact) mass is 364 g/mol. The number of anilines is 1. The van der Waals surface area contributed by atoms with Crippen molar-refractivity contribution in [1.29, 1.82) is 0 Å². The highest BCUT2D eigenvalue weighted by Crippen LogP contribution is 2.18. The number of nitrogens with zero attached hydrogens (tertiary/aromatic N) is 3. The molecule has 0 saturated carbocycles. The fraction of sp³-hybridized carbons (Fsp3) is 0.381. The summed E-state index contributed by atoms with van der Waals surface area (Å²) in [4.78, 5) is 14.3. The Labute approximate surface area is 159 Å². The predicted octanol–water partition coefficient (Wildman–Crippen LogP) is 1.49. The molecule has 2 aromatic rings. The van der Waals surface area contributed by atoms with Crippen LogP contribution in [0.3, 0.4) is 0 Å². The van der Waals surface area contributed by atoms with Crippen molar-refractivity contribution >= 4 is 11.7 Å². The summed E-state index contributed by atoms with van der Waals surface area (Å²) in [6, 6.07) is 11.2. The molecule has 2 heterocycles. The number of nitrogens with one attached hydrogen (secondary N) is 1. The average molecular weight is 364 g/mol. The van der Waals surface area contributed by atoms with Crippen molar-refractivity contribution in [2.45, 2.75) is 38.3 Å². The number of terminal acetylenes is 1. The molecule has 6 heteroatoms. The van der Waals surface area contributed by atoms with Crippen molar-refractivity contribution in [3.63, 3.8) is 0 Å². The van der Waals surface area contributed by atoms with E-state index in [2.05, 4.69) is 47.4 Å². The minimum atomic E-state index is -0.661. The third-order valence-electron chi connectivity index (χ3n) is 4.77. The number of benzene rings is 1. The number of hydrogen-bond acceptors (Lipinski definition) is 5. The van der Waals surface area contributed by atoms with E-state index < -0.39 is 6.10 Å². The minimum absolute atomic E-state index is 0.105. The first-order chi connectivity index (χ1) is 13.0. The smallest absolute Gasteiger partial charge is 0.224 e. The second-order valence-corrected chi connectivity index (χ2v) is 7.14. The number of carbonyl (C=O) groups excluding carboxylic acids is 1. The molecule has 2 N–H and O–H groups in total. The molecule has 0 radical (unpaired) electrons. The van der Waals surface area contributed by atoms with Gasteiger partial charge in [0.25, 0.3) is 0 Å². The van der Waals surface area contributed by atoms with Crippen LogP contribution in [0.1, 0.15) is 36.6 Å². The fourth-order valence-electron chi connectivity index (χ4n) is 3.15. The molecule has 140 valence electrons. The minimum Gasteiger partial charge on any atom is -0.389 e. The number of amides is 1. The predicted molar refractivity (Wildman–Crippen MR) is 104 cm³/mol. The zero-order valence-corrected chi connectivity index (χ0v) is 15.6. The molecule has 27 heavy (non-hydrogen) atoms. The summed E-state index contributed by atoms with van der Waals surface area (Å²) in [5.74, 6) is 3.41. The highest BCUT2D eigenvalue weighted by molar-refractivity contribution is 5.79. The van der Waals surface area contributed by atoms with Crippen LogP contribution in [0.5, 0.6) is 0 Å². The van der Waals surface area contributed by atoms with Crippen molar-refractivity contribution in [3.8, 4) is 12.3 Å². The summed E-state index contributed by atoms with van der Waals surface area (Å²) >= 11 is 0. The second kappa shape index (κ2) is 8.19. The number of aromatic nitrogens is 2. The molecule has 1 aromatic carbocycles. The van der Waals surface area contributed by atoms with Gasteiger partial charge in [-0.25, -0.2) is 0 Å². The van der Waals surface area contributed by atoms with E-state index in [1.165, 1.54) is 5.56 Å². The number of rotatable bonds is 5. The summed E-state index contributed by atoms with van der Waals surface area (Å²) in [7, 11) is 0. The molecule has 1 fully saturated rings. The Morgan fingerprint density at radius 2 is 2.00 bits per heavy atom. The molecule has 1 aliphatic rings. The lowest BCUT2D eigenvalue weighted by Crippen LogP contribution is -2.43. The third kappa shape index (κ3) is 4.63. The summed E-state index contributed by atoms with van der Waals surface area (Å²) in [6.45, 7) is 5.14. The van der Waals surface area contributed by atoms with E-state index in [0.717, 1.165) is 5.56 Å². The Hall–Kier alpha value is -2.91. The van der Waals surface area contributed by atoms with Gasteiger partial charge >= 0.3 is 0 Å². The van der Waals surface area contributed by atoms with Gasteiger partial charge in [0.1, 0.15) is 5.69 Å². The van der Waals surface area contributed by atoms with E-state index in [-0.39, 0.29) is 18.4 Å². The van der Waals surface area contributed by atoms with Gasteiger partial charge < -0.3 is 15.3 Å². The van der Waals surface area contributed by atoms with Gasteiger partial charge in [-0.1, -0.05) is 38.1 Å². The van der Waals surface area contributed by atoms with Gasteiger partial charge in [0.15, 0.2) is 5.82 Å². The molecule has 1 aromatic heterocycles. The van der Waals surface area contributed by atoms with Gasteiger partial charge in [-0.15, -0.1) is 16.6 Å². The van der Waals surface area contributed by atoms with Gasteiger partial charge in [-0.3, -0.25) is 4.79 Å². The maximum Gasteiger partial charge on any atom is 0.224 e. The zero-order chi connectivity index (χ0) is 19.4. The van der Waals surface area contributed by atoms with Gasteiger partial charge in [0, 0.05) is 13.1 Å². The summed E-state index contributed by atoms with van der Waals surface area (Å²) < 4.78 is 0. The first kappa shape index (κ1) is 18.9. The lowest BCUT2D eigenvalue weighted by molar-refractivity contribution is -0.121. The van der Waals surface area contributed by atoms with E-state index in [1.807, 2.05) is 17.0 Å². The normalized spacial score (nSPS) is 19.1. The Balaban J connectivity index is 1.56. The van der Waals surface area contributed by atoms with Crippen LogP contribution in [0.4, 0.5) is 5.82 Å². The van der Waals surface area contributed by atoms with Crippen LogP contribution >= 0.6 is 0 Å². The molecule has 1 amide bonds. The summed E-state index contributed by atoms with van der Waals surface area (Å²) in [6.07, 6.45) is 4.91. The Kier molecular flexibility index (Phi) is 5.72. The molecule has 3 rings (SSSR count). The Bertz CT molecular complexity index is 825. The molecule has 0 bridgehead atoms. The van der Waals surface area contributed by atoms with Crippen LogP contribution in [0.25, 0.3) is 0 Å². The topological polar surface area (TPSA) is 78.4 Å².